The molecule has 1 aliphatic rings. The van der Waals surface area contributed by atoms with Crippen LogP contribution in [-0.2, 0) is 14.2 Å². The Labute approximate surface area is 84.4 Å². The second kappa shape index (κ2) is 5.67. The van der Waals surface area contributed by atoms with Crippen LogP contribution in [0.15, 0.2) is 0 Å². The monoisotopic (exact) mass is 202 g/mol. The molecule has 6 heteroatoms. The summed E-state index contributed by atoms with van der Waals surface area (Å²) in [6.07, 6.45) is -2.13. The predicted octanol–water partition coefficient (Wildman–Crippen LogP) is -1.74. The molecule has 4 atom stereocenters. The van der Waals surface area contributed by atoms with E-state index in [1.165, 1.54) is 0 Å². The predicted molar refractivity (Wildman–Crippen MR) is 49.1 cm³/mol. The van der Waals surface area contributed by atoms with Crippen LogP contribution < -0.4 is 0 Å². The quantitative estimate of drug-likeness (QED) is 0.409. The van der Waals surface area contributed by atoms with Crippen molar-refractivity contribution in [3.63, 3.8) is 0 Å². The van der Waals surface area contributed by atoms with Crippen LogP contribution in [0.25, 0.3) is 0 Å². The van der Waals surface area contributed by atoms with Crippen LogP contribution in [0.5, 0.6) is 0 Å². The van der Waals surface area contributed by atoms with Gasteiger partial charge in [-0.3, -0.25) is 0 Å². The average molecular weight is 202 g/mol. The van der Waals surface area contributed by atoms with Crippen LogP contribution in [0, 0.1) is 0 Å². The van der Waals surface area contributed by atoms with Crippen LogP contribution in [0.4, 0.5) is 0 Å². The highest BCUT2D eigenvalue weighted by Crippen LogP contribution is 2.21. The third-order valence-electron chi connectivity index (χ3n) is 2.15. The lowest BCUT2D eigenvalue weighted by Gasteiger charge is -2.18. The number of aliphatic hydroxyl groups is 2. The van der Waals surface area contributed by atoms with Crippen LogP contribution in [0.2, 0.25) is 0 Å². The van der Waals surface area contributed by atoms with Gasteiger partial charge in [0.05, 0.1) is 19.8 Å². The molecular weight excluding hydrogens is 187 g/mol. The van der Waals surface area contributed by atoms with Crippen molar-refractivity contribution in [1.82, 2.24) is 0 Å². The molecule has 1 aliphatic heterocycles. The fraction of sp³-hybridized carbons (Fsp3) is 1.00. The zero-order chi connectivity index (χ0) is 10.6. The van der Waals surface area contributed by atoms with Gasteiger partial charge in [0, 0.05) is 13.1 Å². The molecule has 1 fully saturated rings. The Morgan fingerprint density at radius 3 is 2.64 bits per heavy atom. The molecule has 0 spiro atoms. The molecule has 0 amide bonds. The Morgan fingerprint density at radius 2 is 2.14 bits per heavy atom. The number of aliphatic hydroxyl groups excluding tert-OH is 2. The molecule has 0 saturated carbocycles. The first-order chi connectivity index (χ1) is 6.70. The summed E-state index contributed by atoms with van der Waals surface area (Å²) in [4.78, 5) is 0. The van der Waals surface area contributed by atoms with Crippen molar-refractivity contribution in [3.05, 3.63) is 0 Å². The lowest BCUT2D eigenvalue weighted by Crippen LogP contribution is -2.37. The zero-order valence-electron chi connectivity index (χ0n) is 8.13. The summed E-state index contributed by atoms with van der Waals surface area (Å²) in [5, 5.41) is 18.4. The van der Waals surface area contributed by atoms with E-state index in [1.807, 2.05) is 0 Å². The minimum absolute atomic E-state index is 0.265. The van der Waals surface area contributed by atoms with E-state index in [2.05, 4.69) is 0 Å². The van der Waals surface area contributed by atoms with Crippen LogP contribution in [-0.4, -0.2) is 69.3 Å². The van der Waals surface area contributed by atoms with E-state index in [9.17, 15) is 5.11 Å². The van der Waals surface area contributed by atoms with E-state index in [0.29, 0.717) is 13.2 Å². The fourth-order valence-corrected chi connectivity index (χ4v) is 1.38. The van der Waals surface area contributed by atoms with Crippen LogP contribution >= 0.6 is 0 Å². The molecule has 4 unspecified atom stereocenters. The molecule has 0 aromatic rings. The Kier molecular flexibility index (Phi) is 4.84. The summed E-state index contributed by atoms with van der Waals surface area (Å²) in [6.45, 7) is 0.506. The molecule has 0 aliphatic carbocycles. The molecule has 14 heavy (non-hydrogen) atoms. The Balaban J connectivity index is 2.36. The van der Waals surface area contributed by atoms with Gasteiger partial charge in [-0.1, -0.05) is 0 Å². The summed E-state index contributed by atoms with van der Waals surface area (Å²) >= 11 is 0. The van der Waals surface area contributed by atoms with Crippen molar-refractivity contribution in [2.45, 2.75) is 24.3 Å². The van der Waals surface area contributed by atoms with Crippen molar-refractivity contribution < 1.29 is 24.4 Å². The average Bonchev–Trinajstić information content (AvgIpc) is 2.45. The summed E-state index contributed by atoms with van der Waals surface area (Å²) in [5.74, 6) is 0. The molecule has 5 nitrogen and oxygen atoms in total. The van der Waals surface area contributed by atoms with Crippen LogP contribution in [0.1, 0.15) is 0 Å². The van der Waals surface area contributed by atoms with Crippen molar-refractivity contribution in [3.8, 4) is 0 Å². The molecule has 0 aromatic carbocycles. The van der Waals surface area contributed by atoms with E-state index in [-0.39, 0.29) is 6.61 Å². The van der Waals surface area contributed by atoms with Crippen molar-refractivity contribution in [2.75, 3.05) is 26.9 Å². The second-order valence-corrected chi connectivity index (χ2v) is 3.14. The molecule has 2 radical (unpaired) electrons. The largest absolute Gasteiger partial charge is 0.394 e. The first-order valence-electron chi connectivity index (χ1n) is 4.51. The minimum Gasteiger partial charge on any atom is -0.394 e. The molecule has 80 valence electrons. The van der Waals surface area contributed by atoms with Crippen LogP contribution in [0.3, 0.4) is 0 Å². The highest BCUT2D eigenvalue weighted by molar-refractivity contribution is 6.11. The van der Waals surface area contributed by atoms with Crippen molar-refractivity contribution >= 4 is 7.85 Å². The summed E-state index contributed by atoms with van der Waals surface area (Å²) in [6, 6.07) is -0.695. The Hall–Kier alpha value is -0.135. The van der Waals surface area contributed by atoms with Crippen molar-refractivity contribution in [1.29, 1.82) is 0 Å². The molecular formula is C8H15BO5. The highest BCUT2D eigenvalue weighted by atomic mass is 16.6. The van der Waals surface area contributed by atoms with Gasteiger partial charge >= 0.3 is 0 Å². The van der Waals surface area contributed by atoms with Gasteiger partial charge in [-0.05, 0) is 0 Å². The molecule has 2 N–H and O–H groups in total. The number of hydrogen-bond donors (Lipinski definition) is 2. The maximum Gasteiger partial charge on any atom is 0.112 e. The highest BCUT2D eigenvalue weighted by Gasteiger charge is 2.41. The number of hydrogen-bond acceptors (Lipinski definition) is 5. The van der Waals surface area contributed by atoms with Gasteiger partial charge in [-0.2, -0.15) is 0 Å². The lowest BCUT2D eigenvalue weighted by molar-refractivity contribution is -0.0415. The first-order valence-corrected chi connectivity index (χ1v) is 4.51. The SMILES string of the molecule is [B]C1OC(CO)C(O)C1OCCOC. The third kappa shape index (κ3) is 2.68. The molecule has 0 aromatic heterocycles. The fourth-order valence-electron chi connectivity index (χ4n) is 1.38. The maximum absolute atomic E-state index is 9.59. The number of methoxy groups -OCH3 is 1. The van der Waals surface area contributed by atoms with Crippen molar-refractivity contribution in [2.24, 2.45) is 0 Å². The Morgan fingerprint density at radius 1 is 1.43 bits per heavy atom. The topological polar surface area (TPSA) is 68.2 Å². The summed E-state index contributed by atoms with van der Waals surface area (Å²) in [7, 11) is 7.12. The molecule has 1 saturated heterocycles. The molecule has 1 heterocycles. The lowest BCUT2D eigenvalue weighted by atomic mass is 9.93. The normalized spacial score (nSPS) is 37.6. The standard InChI is InChI=1S/C8H15BO5/c1-12-2-3-13-7-6(11)5(4-10)14-8(7)9/h5-8,10-11H,2-4H2,1H3. The molecule has 0 bridgehead atoms. The maximum atomic E-state index is 9.59. The van der Waals surface area contributed by atoms with Gasteiger partial charge in [0.25, 0.3) is 0 Å². The third-order valence-corrected chi connectivity index (χ3v) is 2.15. The Bertz CT molecular complexity index is 168. The van der Waals surface area contributed by atoms with Gasteiger partial charge in [0.1, 0.15) is 26.2 Å². The second-order valence-electron chi connectivity index (χ2n) is 3.14. The smallest absolute Gasteiger partial charge is 0.112 e. The number of ether oxygens (including phenoxy) is 3. The first kappa shape index (κ1) is 11.9. The number of rotatable bonds is 5. The van der Waals surface area contributed by atoms with E-state index in [0.717, 1.165) is 0 Å². The molecule has 1 rings (SSSR count). The van der Waals surface area contributed by atoms with E-state index < -0.39 is 24.3 Å². The van der Waals surface area contributed by atoms with Gasteiger partial charge in [-0.25, -0.2) is 0 Å². The van der Waals surface area contributed by atoms with E-state index in [1.54, 1.807) is 7.11 Å². The van der Waals surface area contributed by atoms with Gasteiger partial charge in [0.15, 0.2) is 0 Å². The summed E-state index contributed by atoms with van der Waals surface area (Å²) < 4.78 is 15.1. The van der Waals surface area contributed by atoms with Gasteiger partial charge < -0.3 is 24.4 Å². The summed E-state index contributed by atoms with van der Waals surface area (Å²) in [5.41, 5.74) is 0. The van der Waals surface area contributed by atoms with E-state index in [4.69, 9.17) is 27.2 Å². The van der Waals surface area contributed by atoms with E-state index >= 15 is 0 Å². The van der Waals surface area contributed by atoms with Gasteiger partial charge in [-0.15, -0.1) is 0 Å². The minimum atomic E-state index is -0.883. The van der Waals surface area contributed by atoms with Gasteiger partial charge in [0.2, 0.25) is 0 Å². The zero-order valence-corrected chi connectivity index (χ0v) is 8.13.